The number of nitrogens with zero attached hydrogens (tertiary/aromatic N) is 1. The standard InChI is InChI=1S/C40H41F19NP/c1-9-13-25-18-19-27(24(6)26(25)14-10-2)29-17-12-20-60(29)61(7,8,31-23(5)22(4)30-21(3)15-11-16-28(30)31)40(58,59)38(53,54)36(49,50)34(45,46)32(41,42)33(43,44)35(47,48)37(51,52)39(55,56)57/h11-12,15-20,31H,9-10,13-14H2,1-8H3. The quantitative estimate of drug-likeness (QED) is 0.106. The van der Waals surface area contributed by atoms with Gasteiger partial charge in [-0.25, -0.2) is 0 Å². The molecule has 0 aliphatic heterocycles. The van der Waals surface area contributed by atoms with Crippen LogP contribution in [0.15, 0.2) is 54.2 Å². The van der Waals surface area contributed by atoms with E-state index in [-0.39, 0.29) is 27.8 Å². The van der Waals surface area contributed by atoms with E-state index in [4.69, 9.17) is 0 Å². The van der Waals surface area contributed by atoms with Crippen molar-refractivity contribution in [1.82, 2.24) is 4.34 Å². The third-order valence-electron chi connectivity index (χ3n) is 12.1. The molecule has 0 fully saturated rings. The van der Waals surface area contributed by atoms with E-state index in [1.165, 1.54) is 39.0 Å². The SMILES string of the molecule is CCCc1ccc(-c2cccn2P(C)(C)(C2C(C)=C(C)c3c(C)cccc32)C(F)(F)C(F)(F)C(F)(F)C(F)(F)C(F)(F)C(F)(F)C(F)(F)C(F)(F)C(F)(F)F)c(C)c1CCC. The predicted molar refractivity (Wildman–Crippen MR) is 195 cm³/mol. The summed E-state index contributed by atoms with van der Waals surface area (Å²) in [6, 6.07) is 8.86. The summed E-state index contributed by atoms with van der Waals surface area (Å²) in [7, 11) is 0. The van der Waals surface area contributed by atoms with Gasteiger partial charge in [0.1, 0.15) is 0 Å². The number of rotatable bonds is 15. The van der Waals surface area contributed by atoms with Crippen LogP contribution in [-0.4, -0.2) is 71.0 Å². The number of hydrogen-bond acceptors (Lipinski definition) is 0. The molecule has 4 rings (SSSR count). The molecule has 2 aromatic carbocycles. The summed E-state index contributed by atoms with van der Waals surface area (Å²) in [5.74, 6) is -60.7. The van der Waals surface area contributed by atoms with Crippen molar-refractivity contribution in [2.45, 2.75) is 126 Å². The molecule has 1 unspecified atom stereocenters. The van der Waals surface area contributed by atoms with Crippen LogP contribution < -0.4 is 0 Å². The zero-order valence-electron chi connectivity index (χ0n) is 33.6. The van der Waals surface area contributed by atoms with Crippen LogP contribution in [-0.2, 0) is 12.8 Å². The summed E-state index contributed by atoms with van der Waals surface area (Å²) in [5, 5.41) is 0. The van der Waals surface area contributed by atoms with Gasteiger partial charge in [-0.05, 0) is 0 Å². The Kier molecular flexibility index (Phi) is 12.2. The van der Waals surface area contributed by atoms with Gasteiger partial charge in [0.15, 0.2) is 0 Å². The first-order valence-corrected chi connectivity index (χ1v) is 21.6. The second kappa shape index (κ2) is 14.8. The zero-order valence-corrected chi connectivity index (χ0v) is 34.5. The molecule has 0 amide bonds. The maximum absolute atomic E-state index is 17.8. The van der Waals surface area contributed by atoms with Crippen molar-refractivity contribution in [3.8, 4) is 11.3 Å². The summed E-state index contributed by atoms with van der Waals surface area (Å²) in [5.41, 5.74) is -7.59. The maximum atomic E-state index is 17.8. The summed E-state index contributed by atoms with van der Waals surface area (Å²) in [6.07, 6.45) is -5.18. The molecule has 0 bridgehead atoms. The molecule has 1 aliphatic carbocycles. The molecule has 0 radical (unpaired) electrons. The molecule has 21 heteroatoms. The third-order valence-corrected chi connectivity index (χ3v) is 17.9. The molecule has 0 N–H and O–H groups in total. The Hall–Kier alpha value is -3.44. The summed E-state index contributed by atoms with van der Waals surface area (Å²) >= 11 is 0. The average molecular weight is 928 g/mol. The van der Waals surface area contributed by atoms with E-state index in [0.717, 1.165) is 30.7 Å². The van der Waals surface area contributed by atoms with Crippen LogP contribution in [0.3, 0.4) is 0 Å². The second-order valence-electron chi connectivity index (χ2n) is 16.1. The number of hydrogen-bond donors (Lipinski definition) is 0. The van der Waals surface area contributed by atoms with Gasteiger partial charge >= 0.3 is 338 Å². The van der Waals surface area contributed by atoms with Gasteiger partial charge in [-0.15, -0.1) is 0 Å². The fourth-order valence-corrected chi connectivity index (χ4v) is 14.1. The van der Waals surface area contributed by atoms with Gasteiger partial charge < -0.3 is 0 Å². The topological polar surface area (TPSA) is 4.93 Å². The molecular weight excluding hydrogens is 886 g/mol. The number of alkyl halides is 19. The minimum absolute atomic E-state index is 0.0297. The van der Waals surface area contributed by atoms with Gasteiger partial charge in [-0.2, -0.15) is 0 Å². The van der Waals surface area contributed by atoms with Crippen molar-refractivity contribution >= 4 is 12.3 Å². The number of benzene rings is 2. The predicted octanol–water partition coefficient (Wildman–Crippen LogP) is 15.4. The van der Waals surface area contributed by atoms with Crippen molar-refractivity contribution in [3.05, 3.63) is 87.6 Å². The normalized spacial score (nSPS) is 17.5. The van der Waals surface area contributed by atoms with Crippen LogP contribution in [0, 0.1) is 13.8 Å². The second-order valence-corrected chi connectivity index (χ2v) is 21.9. The van der Waals surface area contributed by atoms with Crippen molar-refractivity contribution in [2.75, 3.05) is 13.3 Å². The Bertz CT molecular complexity index is 2190. The van der Waals surface area contributed by atoms with Crippen LogP contribution in [0.5, 0.6) is 0 Å². The Morgan fingerprint density at radius 3 is 1.51 bits per heavy atom. The number of halogens is 19. The Morgan fingerprint density at radius 2 is 1.03 bits per heavy atom. The van der Waals surface area contributed by atoms with E-state index in [9.17, 15) is 48.3 Å². The Labute approximate surface area is 338 Å². The zero-order chi connectivity index (χ0) is 47.4. The third kappa shape index (κ3) is 6.29. The molecule has 1 nitrogen and oxygen atoms in total. The summed E-state index contributed by atoms with van der Waals surface area (Å²) in [6.45, 7) is 2.66. The Morgan fingerprint density at radius 1 is 0.557 bits per heavy atom. The van der Waals surface area contributed by atoms with Crippen molar-refractivity contribution in [3.63, 3.8) is 0 Å². The Balaban J connectivity index is 2.16. The van der Waals surface area contributed by atoms with Crippen molar-refractivity contribution in [2.24, 2.45) is 0 Å². The van der Waals surface area contributed by atoms with Gasteiger partial charge in [0.25, 0.3) is 0 Å². The number of aryl methyl sites for hydroxylation is 2. The van der Waals surface area contributed by atoms with E-state index in [1.807, 2.05) is 6.92 Å². The number of aromatic nitrogens is 1. The first-order chi connectivity index (χ1) is 27.3. The first kappa shape index (κ1) is 50.2. The van der Waals surface area contributed by atoms with Crippen LogP contribution in [0.2, 0.25) is 0 Å². The molecule has 3 aromatic rings. The molecule has 0 spiro atoms. The van der Waals surface area contributed by atoms with E-state index in [1.54, 1.807) is 13.0 Å². The fraction of sp³-hybridized carbons (Fsp3) is 0.550. The van der Waals surface area contributed by atoms with E-state index < -0.39 is 71.4 Å². The van der Waals surface area contributed by atoms with Crippen molar-refractivity contribution < 1.29 is 83.4 Å². The van der Waals surface area contributed by atoms with Crippen LogP contribution in [0.1, 0.15) is 79.6 Å². The van der Waals surface area contributed by atoms with Crippen molar-refractivity contribution in [1.29, 1.82) is 0 Å². The molecule has 0 saturated heterocycles. The van der Waals surface area contributed by atoms with Crippen LogP contribution in [0.25, 0.3) is 16.8 Å². The number of allylic oxidation sites excluding steroid dienone is 2. The number of fused-ring (bicyclic) bond motifs is 1. The average Bonchev–Trinajstić information content (AvgIpc) is 3.73. The van der Waals surface area contributed by atoms with Gasteiger partial charge in [0.2, 0.25) is 0 Å². The summed E-state index contributed by atoms with van der Waals surface area (Å²) < 4.78 is 284. The van der Waals surface area contributed by atoms with Gasteiger partial charge in [0, 0.05) is 0 Å². The molecular formula is C40H41F19NP. The fourth-order valence-electron chi connectivity index (χ4n) is 8.56. The van der Waals surface area contributed by atoms with Gasteiger partial charge in [0.05, 0.1) is 0 Å². The molecule has 1 aromatic heterocycles. The van der Waals surface area contributed by atoms with Crippen LogP contribution in [0.4, 0.5) is 83.4 Å². The monoisotopic (exact) mass is 927 g/mol. The van der Waals surface area contributed by atoms with Gasteiger partial charge in [-0.3, -0.25) is 0 Å². The molecule has 1 aliphatic rings. The summed E-state index contributed by atoms with van der Waals surface area (Å²) in [4.78, 5) is 0. The van der Waals surface area contributed by atoms with Crippen LogP contribution >= 0.6 is 6.75 Å². The van der Waals surface area contributed by atoms with E-state index in [0.29, 0.717) is 66.2 Å². The van der Waals surface area contributed by atoms with Gasteiger partial charge in [-0.1, -0.05) is 0 Å². The molecule has 0 saturated carbocycles. The van der Waals surface area contributed by atoms with E-state index in [2.05, 4.69) is 0 Å². The van der Waals surface area contributed by atoms with E-state index >= 15 is 35.1 Å². The molecule has 1 heterocycles. The minimum atomic E-state index is -9.02. The first-order valence-electron chi connectivity index (χ1n) is 18.5. The molecule has 344 valence electrons. The molecule has 1 atom stereocenters. The molecule has 61 heavy (non-hydrogen) atoms.